The Morgan fingerprint density at radius 2 is 2.09 bits per heavy atom. The quantitative estimate of drug-likeness (QED) is 0.897. The third-order valence-corrected chi connectivity index (χ3v) is 3.99. The van der Waals surface area contributed by atoms with E-state index in [-0.39, 0.29) is 6.03 Å². The van der Waals surface area contributed by atoms with E-state index in [1.807, 2.05) is 10.9 Å². The van der Waals surface area contributed by atoms with Crippen LogP contribution in [0.4, 0.5) is 16.2 Å². The highest BCUT2D eigenvalue weighted by atomic mass is 35.5. The molecule has 0 bridgehead atoms. The Labute approximate surface area is 139 Å². The van der Waals surface area contributed by atoms with Gasteiger partial charge in [-0.2, -0.15) is 5.10 Å². The van der Waals surface area contributed by atoms with Crippen molar-refractivity contribution >= 4 is 29.0 Å². The summed E-state index contributed by atoms with van der Waals surface area (Å²) in [5.74, 6) is 0.580. The molecule has 0 radical (unpaired) electrons. The van der Waals surface area contributed by atoms with Gasteiger partial charge in [-0.15, -0.1) is 0 Å². The van der Waals surface area contributed by atoms with Crippen LogP contribution in [0.5, 0.6) is 0 Å². The Kier molecular flexibility index (Phi) is 5.15. The maximum absolute atomic E-state index is 12.0. The second-order valence-electron chi connectivity index (χ2n) is 5.60. The smallest absolute Gasteiger partial charge is 0.323 e. The summed E-state index contributed by atoms with van der Waals surface area (Å²) < 4.78 is 7.22. The minimum absolute atomic E-state index is 0.321. The van der Waals surface area contributed by atoms with Crippen molar-refractivity contribution in [2.75, 3.05) is 23.8 Å². The number of carbonyl (C=O) groups excluding carboxylic acids is 1. The number of hydrogen-bond donors (Lipinski definition) is 2. The summed E-state index contributed by atoms with van der Waals surface area (Å²) in [4.78, 5) is 12.0. The number of amides is 2. The molecule has 2 amide bonds. The second kappa shape index (κ2) is 7.48. The third kappa shape index (κ3) is 4.71. The van der Waals surface area contributed by atoms with Crippen LogP contribution in [0, 0.1) is 5.92 Å². The van der Waals surface area contributed by atoms with Gasteiger partial charge >= 0.3 is 6.03 Å². The molecule has 0 spiro atoms. The van der Waals surface area contributed by atoms with Gasteiger partial charge in [0.25, 0.3) is 0 Å². The fourth-order valence-corrected chi connectivity index (χ4v) is 2.77. The monoisotopic (exact) mass is 334 g/mol. The lowest BCUT2D eigenvalue weighted by molar-refractivity contribution is 0.0601. The topological polar surface area (TPSA) is 68.2 Å². The summed E-state index contributed by atoms with van der Waals surface area (Å²) >= 11 is 5.89. The van der Waals surface area contributed by atoms with Gasteiger partial charge in [-0.1, -0.05) is 17.7 Å². The average molecular weight is 335 g/mol. The Morgan fingerprint density at radius 3 is 2.87 bits per heavy atom. The average Bonchev–Trinajstić information content (AvgIpc) is 2.95. The summed E-state index contributed by atoms with van der Waals surface area (Å²) in [6.45, 7) is 2.49. The lowest BCUT2D eigenvalue weighted by Gasteiger charge is -2.21. The third-order valence-electron chi connectivity index (χ3n) is 3.76. The summed E-state index contributed by atoms with van der Waals surface area (Å²) in [7, 11) is 0. The maximum atomic E-state index is 12.0. The Bertz CT molecular complexity index is 668. The van der Waals surface area contributed by atoms with E-state index >= 15 is 0 Å². The minimum Gasteiger partial charge on any atom is -0.381 e. The highest BCUT2D eigenvalue weighted by molar-refractivity contribution is 6.30. The lowest BCUT2D eigenvalue weighted by atomic mass is 10.0. The number of carbonyl (C=O) groups is 1. The van der Waals surface area contributed by atoms with Gasteiger partial charge in [0.2, 0.25) is 0 Å². The van der Waals surface area contributed by atoms with Crippen molar-refractivity contribution in [2.24, 2.45) is 5.92 Å². The summed E-state index contributed by atoms with van der Waals surface area (Å²) in [6.07, 6.45) is 5.60. The number of aromatic nitrogens is 2. The van der Waals surface area contributed by atoms with Gasteiger partial charge in [-0.3, -0.25) is 4.68 Å². The molecule has 1 aromatic heterocycles. The van der Waals surface area contributed by atoms with Crippen molar-refractivity contribution in [1.29, 1.82) is 0 Å². The van der Waals surface area contributed by atoms with Crippen LogP contribution in [-0.2, 0) is 11.3 Å². The Hall–Kier alpha value is -2.05. The second-order valence-corrected chi connectivity index (χ2v) is 6.03. The number of benzene rings is 1. The van der Waals surface area contributed by atoms with Crippen molar-refractivity contribution in [3.8, 4) is 0 Å². The zero-order valence-electron chi connectivity index (χ0n) is 12.7. The molecule has 1 aliphatic heterocycles. The van der Waals surface area contributed by atoms with Gasteiger partial charge in [0.1, 0.15) is 0 Å². The number of anilines is 2. The normalized spacial score (nSPS) is 15.3. The van der Waals surface area contributed by atoms with E-state index < -0.39 is 0 Å². The van der Waals surface area contributed by atoms with Crippen molar-refractivity contribution in [2.45, 2.75) is 19.4 Å². The van der Waals surface area contributed by atoms with E-state index in [1.54, 1.807) is 30.5 Å². The SMILES string of the molecule is O=C(Nc1cccc(Cl)c1)Nc1cnn(CC2CCOCC2)c1. The number of nitrogens with zero attached hydrogens (tertiary/aromatic N) is 2. The zero-order chi connectivity index (χ0) is 16.1. The van der Waals surface area contributed by atoms with Crippen LogP contribution in [0.2, 0.25) is 5.02 Å². The van der Waals surface area contributed by atoms with Gasteiger partial charge in [-0.25, -0.2) is 4.79 Å². The fraction of sp³-hybridized carbons (Fsp3) is 0.375. The zero-order valence-corrected chi connectivity index (χ0v) is 13.4. The van der Waals surface area contributed by atoms with E-state index in [4.69, 9.17) is 16.3 Å². The molecule has 1 aliphatic rings. The summed E-state index contributed by atoms with van der Waals surface area (Å²) in [6, 6.07) is 6.68. The molecule has 7 heteroatoms. The molecule has 122 valence electrons. The summed E-state index contributed by atoms with van der Waals surface area (Å²) in [5, 5.41) is 10.4. The number of hydrogen-bond acceptors (Lipinski definition) is 3. The van der Waals surface area contributed by atoms with Crippen molar-refractivity contribution in [1.82, 2.24) is 9.78 Å². The molecule has 23 heavy (non-hydrogen) atoms. The van der Waals surface area contributed by atoms with Gasteiger partial charge in [0.05, 0.1) is 11.9 Å². The Morgan fingerprint density at radius 1 is 1.30 bits per heavy atom. The van der Waals surface area contributed by atoms with E-state index in [0.29, 0.717) is 22.3 Å². The van der Waals surface area contributed by atoms with E-state index in [1.165, 1.54) is 0 Å². The van der Waals surface area contributed by atoms with Crippen molar-refractivity contribution in [3.05, 3.63) is 41.7 Å². The molecule has 0 unspecified atom stereocenters. The van der Waals surface area contributed by atoms with E-state index in [0.717, 1.165) is 32.6 Å². The number of nitrogens with one attached hydrogen (secondary N) is 2. The molecule has 0 atom stereocenters. The number of rotatable bonds is 4. The lowest BCUT2D eigenvalue weighted by Crippen LogP contribution is -2.21. The van der Waals surface area contributed by atoms with Crippen LogP contribution in [0.25, 0.3) is 0 Å². The highest BCUT2D eigenvalue weighted by Crippen LogP contribution is 2.18. The number of halogens is 1. The maximum Gasteiger partial charge on any atom is 0.323 e. The Balaban J connectivity index is 1.52. The van der Waals surface area contributed by atoms with Crippen LogP contribution in [0.3, 0.4) is 0 Å². The standard InChI is InChI=1S/C16H19ClN4O2/c17-13-2-1-3-14(8-13)19-16(22)20-15-9-18-21(11-15)10-12-4-6-23-7-5-12/h1-3,8-9,11-12H,4-7,10H2,(H2,19,20,22). The molecule has 1 fully saturated rings. The van der Waals surface area contributed by atoms with Crippen LogP contribution < -0.4 is 10.6 Å². The van der Waals surface area contributed by atoms with E-state index in [9.17, 15) is 4.79 Å². The molecule has 3 rings (SSSR count). The van der Waals surface area contributed by atoms with Crippen LogP contribution >= 0.6 is 11.6 Å². The molecular weight excluding hydrogens is 316 g/mol. The van der Waals surface area contributed by atoms with Crippen LogP contribution in [-0.4, -0.2) is 29.0 Å². The van der Waals surface area contributed by atoms with Crippen molar-refractivity contribution < 1.29 is 9.53 Å². The summed E-state index contributed by atoms with van der Waals surface area (Å²) in [5.41, 5.74) is 1.31. The molecule has 2 N–H and O–H groups in total. The molecular formula is C16H19ClN4O2. The van der Waals surface area contributed by atoms with E-state index in [2.05, 4.69) is 15.7 Å². The largest absolute Gasteiger partial charge is 0.381 e. The van der Waals surface area contributed by atoms with Gasteiger partial charge < -0.3 is 15.4 Å². The number of ether oxygens (including phenoxy) is 1. The molecule has 2 aromatic rings. The van der Waals surface area contributed by atoms with Gasteiger partial charge in [-0.05, 0) is 37.0 Å². The van der Waals surface area contributed by atoms with Crippen molar-refractivity contribution in [3.63, 3.8) is 0 Å². The first-order valence-corrected chi connectivity index (χ1v) is 8.00. The van der Waals surface area contributed by atoms with Crippen LogP contribution in [0.1, 0.15) is 12.8 Å². The molecule has 0 aliphatic carbocycles. The molecule has 1 saturated heterocycles. The molecule has 6 nitrogen and oxygen atoms in total. The van der Waals surface area contributed by atoms with Crippen LogP contribution in [0.15, 0.2) is 36.7 Å². The number of urea groups is 1. The van der Waals surface area contributed by atoms with Gasteiger partial charge in [0.15, 0.2) is 0 Å². The predicted octanol–water partition coefficient (Wildman–Crippen LogP) is 3.61. The van der Waals surface area contributed by atoms with Gasteiger partial charge in [0, 0.05) is 36.7 Å². The first kappa shape index (κ1) is 15.8. The first-order valence-electron chi connectivity index (χ1n) is 7.63. The fourth-order valence-electron chi connectivity index (χ4n) is 2.58. The molecule has 1 aromatic carbocycles. The predicted molar refractivity (Wildman–Crippen MR) is 89.9 cm³/mol. The molecule has 2 heterocycles. The molecule has 0 saturated carbocycles. The first-order chi connectivity index (χ1) is 11.2. The highest BCUT2D eigenvalue weighted by Gasteiger charge is 2.15. The minimum atomic E-state index is -0.321.